The van der Waals surface area contributed by atoms with E-state index in [1.54, 1.807) is 63.3 Å². The number of amides is 2. The van der Waals surface area contributed by atoms with Crippen LogP contribution in [0.3, 0.4) is 0 Å². The minimum atomic E-state index is -1.11. The zero-order valence-corrected chi connectivity index (χ0v) is 30.0. The Hall–Kier alpha value is -5.85. The summed E-state index contributed by atoms with van der Waals surface area (Å²) in [7, 11) is 3.17. The molecule has 0 saturated heterocycles. The fourth-order valence-electron chi connectivity index (χ4n) is 5.46. The number of nitrogens with one attached hydrogen (secondary N) is 1. The average Bonchev–Trinajstić information content (AvgIpc) is 3.90. The van der Waals surface area contributed by atoms with E-state index in [1.165, 1.54) is 9.58 Å². The number of carbonyl (C=O) groups excluding carboxylic acids is 3. The molecule has 2 aromatic carbocycles. The highest BCUT2D eigenvalue weighted by molar-refractivity contribution is 5.96. The summed E-state index contributed by atoms with van der Waals surface area (Å²) >= 11 is 0. The Morgan fingerprint density at radius 3 is 2.31 bits per heavy atom. The lowest BCUT2D eigenvalue weighted by atomic mass is 9.92. The van der Waals surface area contributed by atoms with Crippen molar-refractivity contribution < 1.29 is 33.0 Å². The average molecular weight is 697 g/mol. The third-order valence-electron chi connectivity index (χ3n) is 8.26. The first kappa shape index (κ1) is 36.4. The van der Waals surface area contributed by atoms with Gasteiger partial charge < -0.3 is 28.8 Å². The Kier molecular flexibility index (Phi) is 11.3. The van der Waals surface area contributed by atoms with E-state index in [4.69, 9.17) is 18.6 Å². The van der Waals surface area contributed by atoms with Crippen LogP contribution in [-0.4, -0.2) is 69.6 Å². The fourth-order valence-corrected chi connectivity index (χ4v) is 5.46. The molecule has 13 nitrogen and oxygen atoms in total. The Bertz CT molecular complexity index is 1970. The maximum Gasteiger partial charge on any atom is 0.358 e. The molecule has 0 fully saturated rings. The summed E-state index contributed by atoms with van der Waals surface area (Å²) in [4.78, 5) is 42.8. The molecule has 0 aliphatic carbocycles. The van der Waals surface area contributed by atoms with Crippen LogP contribution in [0.4, 0.5) is 0 Å². The number of methoxy groups -OCH3 is 2. The second kappa shape index (κ2) is 15.8. The third kappa shape index (κ3) is 8.66. The lowest BCUT2D eigenvalue weighted by Gasteiger charge is -2.30. The van der Waals surface area contributed by atoms with Crippen molar-refractivity contribution in [3.05, 3.63) is 113 Å². The van der Waals surface area contributed by atoms with Gasteiger partial charge in [-0.1, -0.05) is 39.0 Å². The van der Waals surface area contributed by atoms with Crippen molar-refractivity contribution in [3.8, 4) is 17.2 Å². The van der Waals surface area contributed by atoms with Gasteiger partial charge in [-0.05, 0) is 61.9 Å². The molecule has 0 aliphatic heterocycles. The number of aryl methyl sites for hydroxylation is 1. The zero-order valence-electron chi connectivity index (χ0n) is 30.0. The molecular formula is C38H44N6O7. The van der Waals surface area contributed by atoms with Crippen molar-refractivity contribution >= 4 is 17.8 Å². The molecule has 0 saturated carbocycles. The summed E-state index contributed by atoms with van der Waals surface area (Å²) in [6.45, 7) is 10.2. The van der Waals surface area contributed by atoms with Gasteiger partial charge in [0.15, 0.2) is 11.4 Å². The predicted molar refractivity (Wildman–Crippen MR) is 189 cm³/mol. The standard InChI is InChI=1S/C38H44N6O7/c1-8-50-37(47)32-16-18-42(40-32)20-21-43(36(46)31-17-19-44(41-31)27-10-9-11-29(22-27)49-7)34(30-23-33(38(3,4)5)51-25(30)2)35(45)39-24-26-12-14-28(48-6)15-13-26/h9-19,22-23,34H,8,20-21,24H2,1-7H3,(H,39,45). The third-order valence-corrected chi connectivity index (χ3v) is 8.26. The van der Waals surface area contributed by atoms with Crippen LogP contribution in [-0.2, 0) is 28.0 Å². The van der Waals surface area contributed by atoms with E-state index < -0.39 is 23.8 Å². The van der Waals surface area contributed by atoms with Crippen LogP contribution in [0.15, 0.2) is 83.5 Å². The van der Waals surface area contributed by atoms with Gasteiger partial charge in [0.25, 0.3) is 5.91 Å². The molecule has 51 heavy (non-hydrogen) atoms. The van der Waals surface area contributed by atoms with Gasteiger partial charge in [-0.3, -0.25) is 14.3 Å². The van der Waals surface area contributed by atoms with Gasteiger partial charge >= 0.3 is 5.97 Å². The van der Waals surface area contributed by atoms with Gasteiger partial charge in [0.1, 0.15) is 29.1 Å². The number of hydrogen-bond acceptors (Lipinski definition) is 9. The maximum absolute atomic E-state index is 14.6. The van der Waals surface area contributed by atoms with Crippen LogP contribution < -0.4 is 14.8 Å². The quantitative estimate of drug-likeness (QED) is 0.146. The number of rotatable bonds is 14. The number of carbonyl (C=O) groups is 3. The number of benzene rings is 2. The molecule has 1 unspecified atom stereocenters. The Labute approximate surface area is 297 Å². The molecule has 0 spiro atoms. The Morgan fingerprint density at radius 2 is 1.65 bits per heavy atom. The van der Waals surface area contributed by atoms with Gasteiger partial charge in [0.2, 0.25) is 5.91 Å². The summed E-state index contributed by atoms with van der Waals surface area (Å²) in [5, 5.41) is 12.0. The summed E-state index contributed by atoms with van der Waals surface area (Å²) in [5.74, 6) is 1.06. The fraction of sp³-hybridized carbons (Fsp3) is 0.342. The highest BCUT2D eigenvalue weighted by Gasteiger charge is 2.36. The highest BCUT2D eigenvalue weighted by atomic mass is 16.5. The molecule has 3 heterocycles. The van der Waals surface area contributed by atoms with Crippen LogP contribution in [0, 0.1) is 6.92 Å². The molecule has 1 N–H and O–H groups in total. The van der Waals surface area contributed by atoms with E-state index in [-0.39, 0.29) is 43.0 Å². The van der Waals surface area contributed by atoms with Crippen LogP contribution >= 0.6 is 0 Å². The van der Waals surface area contributed by atoms with E-state index in [0.29, 0.717) is 34.3 Å². The van der Waals surface area contributed by atoms with E-state index in [0.717, 1.165) is 5.56 Å². The normalized spacial score (nSPS) is 11.9. The Balaban J connectivity index is 1.54. The summed E-state index contributed by atoms with van der Waals surface area (Å²) in [6, 6.07) is 18.5. The van der Waals surface area contributed by atoms with Crippen molar-refractivity contribution in [2.24, 2.45) is 0 Å². The minimum Gasteiger partial charge on any atom is -0.497 e. The minimum absolute atomic E-state index is 0.0326. The molecule has 0 aliphatic rings. The van der Waals surface area contributed by atoms with Gasteiger partial charge in [0.05, 0.1) is 33.1 Å². The van der Waals surface area contributed by atoms with Gasteiger partial charge in [-0.2, -0.15) is 10.2 Å². The first-order chi connectivity index (χ1) is 24.4. The van der Waals surface area contributed by atoms with Crippen LogP contribution in [0.2, 0.25) is 0 Å². The lowest BCUT2D eigenvalue weighted by Crippen LogP contribution is -2.45. The molecule has 0 bridgehead atoms. The number of nitrogens with zero attached hydrogens (tertiary/aromatic N) is 5. The summed E-state index contributed by atoms with van der Waals surface area (Å²) in [6.07, 6.45) is 3.31. The first-order valence-electron chi connectivity index (χ1n) is 16.6. The second-order valence-corrected chi connectivity index (χ2v) is 12.9. The smallest absolute Gasteiger partial charge is 0.358 e. The van der Waals surface area contributed by atoms with Crippen molar-refractivity contribution in [1.82, 2.24) is 29.8 Å². The van der Waals surface area contributed by atoms with Gasteiger partial charge in [0, 0.05) is 42.5 Å². The lowest BCUT2D eigenvalue weighted by molar-refractivity contribution is -0.126. The predicted octanol–water partition coefficient (Wildman–Crippen LogP) is 5.66. The van der Waals surface area contributed by atoms with E-state index in [1.807, 2.05) is 69.3 Å². The molecule has 2 amide bonds. The van der Waals surface area contributed by atoms with Gasteiger partial charge in [-0.25, -0.2) is 9.48 Å². The number of esters is 1. The number of ether oxygens (including phenoxy) is 3. The molecule has 268 valence electrons. The molecule has 0 radical (unpaired) electrons. The molecule has 5 aromatic rings. The summed E-state index contributed by atoms with van der Waals surface area (Å²) < 4.78 is 25.1. The molecule has 5 rings (SSSR count). The summed E-state index contributed by atoms with van der Waals surface area (Å²) in [5.41, 5.74) is 1.98. The van der Waals surface area contributed by atoms with Crippen LogP contribution in [0.1, 0.15) is 77.4 Å². The zero-order chi connectivity index (χ0) is 36.7. The van der Waals surface area contributed by atoms with E-state index >= 15 is 0 Å². The largest absolute Gasteiger partial charge is 0.497 e. The molecular weight excluding hydrogens is 652 g/mol. The van der Waals surface area contributed by atoms with Crippen LogP contribution in [0.25, 0.3) is 5.69 Å². The Morgan fingerprint density at radius 1 is 0.922 bits per heavy atom. The van der Waals surface area contributed by atoms with Crippen molar-refractivity contribution in [1.29, 1.82) is 0 Å². The maximum atomic E-state index is 14.6. The first-order valence-corrected chi connectivity index (χ1v) is 16.6. The van der Waals surface area contributed by atoms with Crippen LogP contribution in [0.5, 0.6) is 11.5 Å². The van der Waals surface area contributed by atoms with Gasteiger partial charge in [-0.15, -0.1) is 0 Å². The van der Waals surface area contributed by atoms with Crippen molar-refractivity contribution in [3.63, 3.8) is 0 Å². The topological polar surface area (TPSA) is 143 Å². The number of hydrogen-bond donors (Lipinski definition) is 1. The second-order valence-electron chi connectivity index (χ2n) is 12.9. The molecule has 3 aromatic heterocycles. The van der Waals surface area contributed by atoms with Crippen molar-refractivity contribution in [2.75, 3.05) is 27.4 Å². The number of aromatic nitrogens is 4. The monoisotopic (exact) mass is 696 g/mol. The number of furan rings is 1. The molecule has 13 heteroatoms. The highest BCUT2D eigenvalue weighted by Crippen LogP contribution is 2.34. The SMILES string of the molecule is CCOC(=O)c1ccn(CCN(C(=O)c2ccn(-c3cccc(OC)c3)n2)C(C(=O)NCc2ccc(OC)cc2)c2cc(C(C)(C)C)oc2C)n1. The van der Waals surface area contributed by atoms with E-state index in [2.05, 4.69) is 15.5 Å². The molecule has 1 atom stereocenters. The van der Waals surface area contributed by atoms with E-state index in [9.17, 15) is 14.4 Å². The van der Waals surface area contributed by atoms with Crippen molar-refractivity contribution in [2.45, 2.75) is 59.2 Å².